The molecule has 104 valence electrons. The van der Waals surface area contributed by atoms with Gasteiger partial charge in [0.25, 0.3) is 0 Å². The molecule has 2 aromatic rings. The molecule has 0 aromatic carbocycles. The van der Waals surface area contributed by atoms with Gasteiger partial charge in [-0.2, -0.15) is 0 Å². The maximum Gasteiger partial charge on any atom is 0.125 e. The summed E-state index contributed by atoms with van der Waals surface area (Å²) in [5.41, 5.74) is 2.67. The van der Waals surface area contributed by atoms with Crippen LogP contribution in [-0.4, -0.2) is 20.9 Å². The first-order chi connectivity index (χ1) is 9.70. The van der Waals surface area contributed by atoms with Crippen molar-refractivity contribution in [2.24, 2.45) is 0 Å². The second kappa shape index (κ2) is 4.64. The maximum atomic E-state index is 4.66. The van der Waals surface area contributed by atoms with E-state index in [1.54, 1.807) is 0 Å². The van der Waals surface area contributed by atoms with Gasteiger partial charge in [0.05, 0.1) is 5.69 Å². The number of aryl methyl sites for hydroxylation is 2. The monoisotopic (exact) mass is 285 g/mol. The van der Waals surface area contributed by atoms with Gasteiger partial charge >= 0.3 is 0 Å². The number of nitrogens with zero attached hydrogens (tertiary/aromatic N) is 3. The van der Waals surface area contributed by atoms with Crippen LogP contribution in [0.3, 0.4) is 0 Å². The van der Waals surface area contributed by atoms with Crippen molar-refractivity contribution < 1.29 is 0 Å². The van der Waals surface area contributed by atoms with Gasteiger partial charge in [-0.05, 0) is 38.8 Å². The minimum Gasteiger partial charge on any atom is -0.288 e. The average molecular weight is 285 g/mol. The van der Waals surface area contributed by atoms with E-state index in [9.17, 15) is 0 Å². The highest BCUT2D eigenvalue weighted by atomic mass is 32.1. The first kappa shape index (κ1) is 12.5. The van der Waals surface area contributed by atoms with Crippen LogP contribution in [0, 0.1) is 13.8 Å². The molecule has 4 heterocycles. The van der Waals surface area contributed by atoms with Gasteiger partial charge in [0.1, 0.15) is 5.82 Å². The molecular formula is C16H19N3S. The molecule has 4 heteroatoms. The number of hydrogen-bond acceptors (Lipinski definition) is 4. The molecule has 1 fully saturated rings. The summed E-state index contributed by atoms with van der Waals surface area (Å²) in [5, 5.41) is 0. The van der Waals surface area contributed by atoms with Gasteiger partial charge in [0.2, 0.25) is 0 Å². The molecule has 2 aliphatic rings. The Morgan fingerprint density at radius 3 is 3.00 bits per heavy atom. The summed E-state index contributed by atoms with van der Waals surface area (Å²) in [6.45, 7) is 5.26. The first-order valence-corrected chi connectivity index (χ1v) is 8.16. The molecule has 2 atom stereocenters. The Bertz CT molecular complexity index is 649. The molecule has 3 nitrogen and oxygen atoms in total. The number of aromatic nitrogens is 2. The Kier molecular flexibility index (Phi) is 2.89. The lowest BCUT2D eigenvalue weighted by Gasteiger charge is -2.35. The fourth-order valence-corrected chi connectivity index (χ4v) is 4.57. The molecule has 0 amide bonds. The molecule has 2 bridgehead atoms. The Labute approximate surface area is 123 Å². The molecule has 0 N–H and O–H groups in total. The number of rotatable bonds is 2. The van der Waals surface area contributed by atoms with E-state index in [4.69, 9.17) is 0 Å². The van der Waals surface area contributed by atoms with Gasteiger partial charge in [-0.15, -0.1) is 11.3 Å². The molecule has 0 aliphatic carbocycles. The molecular weight excluding hydrogens is 266 g/mol. The third-order valence-electron chi connectivity index (χ3n) is 4.59. The standard InChI is InChI=1S/C16H19N3S/c1-10-3-5-13(20-10)9-19-12-4-6-16(19)14-8-17-11(2)18-15(14)7-12/h3,5,8,12,16H,4,6-7,9H2,1-2H3/t12-,16-/m1/s1. The number of hydrogen-bond donors (Lipinski definition) is 0. The summed E-state index contributed by atoms with van der Waals surface area (Å²) < 4.78 is 0. The Morgan fingerprint density at radius 2 is 2.20 bits per heavy atom. The van der Waals surface area contributed by atoms with Crippen LogP contribution in [0.5, 0.6) is 0 Å². The molecule has 4 rings (SSSR count). The molecule has 2 aromatic heterocycles. The van der Waals surface area contributed by atoms with Crippen LogP contribution in [0.2, 0.25) is 0 Å². The topological polar surface area (TPSA) is 29.0 Å². The Hall–Kier alpha value is -1.26. The van der Waals surface area contributed by atoms with Crippen LogP contribution in [0.25, 0.3) is 0 Å². The maximum absolute atomic E-state index is 4.66. The Morgan fingerprint density at radius 1 is 1.30 bits per heavy atom. The van der Waals surface area contributed by atoms with Crippen LogP contribution in [0.15, 0.2) is 18.3 Å². The smallest absolute Gasteiger partial charge is 0.125 e. The molecule has 0 spiro atoms. The van der Waals surface area contributed by atoms with Crippen molar-refractivity contribution in [2.75, 3.05) is 0 Å². The van der Waals surface area contributed by atoms with Crippen molar-refractivity contribution in [1.29, 1.82) is 0 Å². The van der Waals surface area contributed by atoms with E-state index in [0.29, 0.717) is 12.1 Å². The van der Waals surface area contributed by atoms with Crippen molar-refractivity contribution in [3.05, 3.63) is 45.2 Å². The van der Waals surface area contributed by atoms with Crippen LogP contribution < -0.4 is 0 Å². The zero-order valence-electron chi connectivity index (χ0n) is 12.0. The van der Waals surface area contributed by atoms with Crippen LogP contribution in [-0.2, 0) is 13.0 Å². The lowest BCUT2D eigenvalue weighted by Crippen LogP contribution is -2.37. The quantitative estimate of drug-likeness (QED) is 0.846. The van der Waals surface area contributed by atoms with Crippen molar-refractivity contribution in [3.8, 4) is 0 Å². The molecule has 2 aliphatic heterocycles. The summed E-state index contributed by atoms with van der Waals surface area (Å²) in [4.78, 5) is 14.6. The van der Waals surface area contributed by atoms with Crippen molar-refractivity contribution >= 4 is 11.3 Å². The van der Waals surface area contributed by atoms with E-state index in [-0.39, 0.29) is 0 Å². The van der Waals surface area contributed by atoms with Crippen LogP contribution in [0.1, 0.15) is 45.7 Å². The van der Waals surface area contributed by atoms with Crippen molar-refractivity contribution in [2.45, 2.75) is 51.7 Å². The van der Waals surface area contributed by atoms with E-state index >= 15 is 0 Å². The summed E-state index contributed by atoms with van der Waals surface area (Å²) in [5.74, 6) is 0.908. The van der Waals surface area contributed by atoms with Gasteiger partial charge < -0.3 is 0 Å². The van der Waals surface area contributed by atoms with Gasteiger partial charge in [-0.1, -0.05) is 0 Å². The molecule has 0 unspecified atom stereocenters. The van der Waals surface area contributed by atoms with Crippen LogP contribution >= 0.6 is 11.3 Å². The molecule has 1 saturated heterocycles. The zero-order valence-corrected chi connectivity index (χ0v) is 12.8. The highest BCUT2D eigenvalue weighted by molar-refractivity contribution is 7.11. The highest BCUT2D eigenvalue weighted by Crippen LogP contribution is 2.43. The van der Waals surface area contributed by atoms with Crippen molar-refractivity contribution in [3.63, 3.8) is 0 Å². The van der Waals surface area contributed by atoms with E-state index in [1.807, 2.05) is 18.3 Å². The third-order valence-corrected chi connectivity index (χ3v) is 5.57. The van der Waals surface area contributed by atoms with Gasteiger partial charge in [-0.3, -0.25) is 4.90 Å². The lowest BCUT2D eigenvalue weighted by molar-refractivity contribution is 0.167. The third kappa shape index (κ3) is 1.98. The largest absolute Gasteiger partial charge is 0.288 e. The highest BCUT2D eigenvalue weighted by Gasteiger charge is 2.40. The lowest BCUT2D eigenvalue weighted by atomic mass is 9.99. The Balaban J connectivity index is 1.65. The fraction of sp³-hybridized carbons (Fsp3) is 0.500. The number of fused-ring (bicyclic) bond motifs is 4. The van der Waals surface area contributed by atoms with E-state index in [0.717, 1.165) is 18.8 Å². The molecule has 0 saturated carbocycles. The second-order valence-corrected chi connectivity index (χ2v) is 7.33. The van der Waals surface area contributed by atoms with Gasteiger partial charge in [-0.25, -0.2) is 9.97 Å². The summed E-state index contributed by atoms with van der Waals surface area (Å²) in [6, 6.07) is 5.71. The van der Waals surface area contributed by atoms with Gasteiger partial charge in [0, 0.05) is 46.6 Å². The van der Waals surface area contributed by atoms with E-state index in [1.165, 1.54) is 33.9 Å². The summed E-state index contributed by atoms with van der Waals surface area (Å²) in [6.07, 6.45) is 5.72. The minimum absolute atomic E-state index is 0.534. The zero-order chi connectivity index (χ0) is 13.7. The number of thiophene rings is 1. The molecule has 0 radical (unpaired) electrons. The van der Waals surface area contributed by atoms with Crippen LogP contribution in [0.4, 0.5) is 0 Å². The van der Waals surface area contributed by atoms with E-state index in [2.05, 4.69) is 40.1 Å². The first-order valence-electron chi connectivity index (χ1n) is 7.34. The van der Waals surface area contributed by atoms with E-state index < -0.39 is 0 Å². The normalized spacial score (nSPS) is 24.9. The van der Waals surface area contributed by atoms with Crippen molar-refractivity contribution in [1.82, 2.24) is 14.9 Å². The molecule has 20 heavy (non-hydrogen) atoms. The van der Waals surface area contributed by atoms with Gasteiger partial charge in [0.15, 0.2) is 0 Å². The average Bonchev–Trinajstić information content (AvgIpc) is 2.94. The fourth-order valence-electron chi connectivity index (χ4n) is 3.67. The predicted molar refractivity (Wildman–Crippen MR) is 80.8 cm³/mol. The second-order valence-electron chi connectivity index (χ2n) is 5.96. The summed E-state index contributed by atoms with van der Waals surface area (Å²) >= 11 is 1.92. The minimum atomic E-state index is 0.534. The predicted octanol–water partition coefficient (Wildman–Crippen LogP) is 3.42. The SMILES string of the molecule is Cc1ncc2c(n1)C[C@H]1CC[C@H]2N1Cc1ccc(C)s1. The summed E-state index contributed by atoms with van der Waals surface area (Å²) in [7, 11) is 0.